The second kappa shape index (κ2) is 6.54. The number of ketones is 1. The summed E-state index contributed by atoms with van der Waals surface area (Å²) in [6.07, 6.45) is 2.68. The normalized spacial score (nSPS) is 14.8. The third kappa shape index (κ3) is 3.87. The number of hydrogen-bond donors (Lipinski definition) is 2. The highest BCUT2D eigenvalue weighted by Crippen LogP contribution is 2.13. The molecule has 0 fully saturated rings. The Morgan fingerprint density at radius 3 is 2.29 bits per heavy atom. The van der Waals surface area contributed by atoms with Gasteiger partial charge in [0.2, 0.25) is 0 Å². The van der Waals surface area contributed by atoms with E-state index in [0.717, 1.165) is 12.8 Å². The van der Waals surface area contributed by atoms with Crippen molar-refractivity contribution in [3.63, 3.8) is 0 Å². The van der Waals surface area contributed by atoms with Gasteiger partial charge in [0.1, 0.15) is 11.8 Å². The van der Waals surface area contributed by atoms with Crippen LogP contribution in [0.15, 0.2) is 0 Å². The summed E-state index contributed by atoms with van der Waals surface area (Å²) >= 11 is 0. The van der Waals surface area contributed by atoms with Gasteiger partial charge in [0.25, 0.3) is 0 Å². The summed E-state index contributed by atoms with van der Waals surface area (Å²) in [5.41, 5.74) is 5.42. The van der Waals surface area contributed by atoms with Crippen molar-refractivity contribution in [1.29, 1.82) is 0 Å². The number of carbonyl (C=O) groups excluding carboxylic acids is 1. The van der Waals surface area contributed by atoms with Gasteiger partial charge in [-0.15, -0.1) is 0 Å². The molecule has 2 unspecified atom stereocenters. The Kier molecular flexibility index (Phi) is 6.12. The zero-order valence-electron chi connectivity index (χ0n) is 8.82. The minimum atomic E-state index is -1.10. The van der Waals surface area contributed by atoms with Crippen molar-refractivity contribution in [2.75, 3.05) is 0 Å². The Bertz CT molecular complexity index is 204. The molecule has 0 heterocycles. The molecule has 2 atom stereocenters. The van der Waals surface area contributed by atoms with Crippen LogP contribution in [0.1, 0.15) is 39.5 Å². The van der Waals surface area contributed by atoms with Crippen LogP contribution in [-0.2, 0) is 9.59 Å². The molecule has 0 aromatic carbocycles. The lowest BCUT2D eigenvalue weighted by atomic mass is 9.90. The number of hydrogen-bond acceptors (Lipinski definition) is 3. The van der Waals surface area contributed by atoms with E-state index in [-0.39, 0.29) is 5.78 Å². The number of unbranched alkanes of at least 4 members (excludes halogenated alkanes) is 1. The van der Waals surface area contributed by atoms with Crippen molar-refractivity contribution < 1.29 is 14.7 Å². The van der Waals surface area contributed by atoms with Gasteiger partial charge < -0.3 is 10.8 Å². The summed E-state index contributed by atoms with van der Waals surface area (Å²) in [6, 6.07) is -1.05. The van der Waals surface area contributed by atoms with Gasteiger partial charge in [-0.2, -0.15) is 0 Å². The van der Waals surface area contributed by atoms with Crippen molar-refractivity contribution in [2.45, 2.75) is 45.6 Å². The van der Waals surface area contributed by atoms with Gasteiger partial charge in [0.05, 0.1) is 0 Å². The molecule has 0 amide bonds. The number of carboxylic acids is 1. The first-order chi connectivity index (χ1) is 6.54. The topological polar surface area (TPSA) is 80.4 Å². The van der Waals surface area contributed by atoms with Gasteiger partial charge >= 0.3 is 5.97 Å². The first-order valence-corrected chi connectivity index (χ1v) is 5.05. The van der Waals surface area contributed by atoms with Gasteiger partial charge in [-0.25, -0.2) is 0 Å². The van der Waals surface area contributed by atoms with Gasteiger partial charge in [-0.05, 0) is 12.8 Å². The Morgan fingerprint density at radius 1 is 1.36 bits per heavy atom. The van der Waals surface area contributed by atoms with Crippen LogP contribution in [-0.4, -0.2) is 22.9 Å². The van der Waals surface area contributed by atoms with E-state index in [1.54, 1.807) is 6.92 Å². The van der Waals surface area contributed by atoms with Crippen LogP contribution >= 0.6 is 0 Å². The van der Waals surface area contributed by atoms with E-state index in [1.165, 1.54) is 0 Å². The zero-order valence-corrected chi connectivity index (χ0v) is 8.82. The molecule has 0 saturated heterocycles. The van der Waals surface area contributed by atoms with Crippen LogP contribution in [0.2, 0.25) is 0 Å². The van der Waals surface area contributed by atoms with E-state index >= 15 is 0 Å². The third-order valence-electron chi connectivity index (χ3n) is 2.35. The van der Waals surface area contributed by atoms with Crippen molar-refractivity contribution in [3.05, 3.63) is 0 Å². The minimum absolute atomic E-state index is 0.0238. The summed E-state index contributed by atoms with van der Waals surface area (Å²) in [5.74, 6) is -1.65. The van der Waals surface area contributed by atoms with Crippen LogP contribution < -0.4 is 5.73 Å². The van der Waals surface area contributed by atoms with Crippen LogP contribution in [0.5, 0.6) is 0 Å². The smallest absolute Gasteiger partial charge is 0.321 e. The fourth-order valence-corrected chi connectivity index (χ4v) is 1.39. The molecule has 4 nitrogen and oxygen atoms in total. The lowest BCUT2D eigenvalue weighted by Crippen LogP contribution is -2.41. The molecule has 0 aliphatic heterocycles. The van der Waals surface area contributed by atoms with Gasteiger partial charge in [0, 0.05) is 12.3 Å². The molecule has 0 aromatic heterocycles. The van der Waals surface area contributed by atoms with E-state index < -0.39 is 17.9 Å². The van der Waals surface area contributed by atoms with E-state index in [1.807, 2.05) is 6.92 Å². The van der Waals surface area contributed by atoms with E-state index in [4.69, 9.17) is 10.8 Å². The van der Waals surface area contributed by atoms with Crippen LogP contribution in [0.25, 0.3) is 0 Å². The highest BCUT2D eigenvalue weighted by molar-refractivity contribution is 5.87. The quantitative estimate of drug-likeness (QED) is 0.648. The fraction of sp³-hybridized carbons (Fsp3) is 0.800. The summed E-state index contributed by atoms with van der Waals surface area (Å²) < 4.78 is 0. The van der Waals surface area contributed by atoms with Crippen molar-refractivity contribution in [2.24, 2.45) is 11.7 Å². The summed E-state index contributed by atoms with van der Waals surface area (Å²) in [6.45, 7) is 3.78. The molecule has 0 aromatic rings. The second-order valence-electron chi connectivity index (χ2n) is 3.45. The maximum absolute atomic E-state index is 11.5. The summed E-state index contributed by atoms with van der Waals surface area (Å²) in [5, 5.41) is 8.68. The molecular weight excluding hydrogens is 182 g/mol. The molecule has 4 heteroatoms. The Balaban J connectivity index is 4.25. The van der Waals surface area contributed by atoms with Crippen molar-refractivity contribution in [1.82, 2.24) is 0 Å². The molecule has 0 saturated carbocycles. The lowest BCUT2D eigenvalue weighted by Gasteiger charge is -2.17. The Morgan fingerprint density at radius 2 is 1.93 bits per heavy atom. The van der Waals surface area contributed by atoms with Crippen LogP contribution in [0, 0.1) is 5.92 Å². The van der Waals surface area contributed by atoms with Crippen LogP contribution in [0.4, 0.5) is 0 Å². The molecule has 0 rings (SSSR count). The van der Waals surface area contributed by atoms with Crippen LogP contribution in [0.3, 0.4) is 0 Å². The molecule has 0 bridgehead atoms. The van der Waals surface area contributed by atoms with Gasteiger partial charge in [0.15, 0.2) is 0 Å². The van der Waals surface area contributed by atoms with E-state index in [2.05, 4.69) is 0 Å². The zero-order chi connectivity index (χ0) is 11.1. The van der Waals surface area contributed by atoms with Gasteiger partial charge in [-0.1, -0.05) is 20.3 Å². The minimum Gasteiger partial charge on any atom is -0.480 e. The number of Topliss-reactive ketones (excluding diaryl/α,β-unsaturated/α-hetero) is 1. The Labute approximate surface area is 84.5 Å². The molecule has 0 spiro atoms. The predicted molar refractivity (Wildman–Crippen MR) is 53.9 cm³/mol. The SMILES string of the molecule is CCCCC(=O)C(CC)C(N)C(=O)O. The molecule has 14 heavy (non-hydrogen) atoms. The van der Waals surface area contributed by atoms with Crippen molar-refractivity contribution in [3.8, 4) is 0 Å². The lowest BCUT2D eigenvalue weighted by molar-refractivity contribution is -0.142. The fourth-order valence-electron chi connectivity index (χ4n) is 1.39. The highest BCUT2D eigenvalue weighted by atomic mass is 16.4. The summed E-state index contributed by atoms with van der Waals surface area (Å²) in [4.78, 5) is 22.1. The third-order valence-corrected chi connectivity index (χ3v) is 2.35. The molecule has 82 valence electrons. The number of carbonyl (C=O) groups is 2. The average Bonchev–Trinajstić information content (AvgIpc) is 2.15. The monoisotopic (exact) mass is 201 g/mol. The standard InChI is InChI=1S/C10H19NO3/c1-3-5-6-8(12)7(4-2)9(11)10(13)14/h7,9H,3-6,11H2,1-2H3,(H,13,14). The maximum Gasteiger partial charge on any atom is 0.321 e. The summed E-state index contributed by atoms with van der Waals surface area (Å²) in [7, 11) is 0. The molecule has 0 aliphatic rings. The highest BCUT2D eigenvalue weighted by Gasteiger charge is 2.28. The van der Waals surface area contributed by atoms with E-state index in [9.17, 15) is 9.59 Å². The second-order valence-corrected chi connectivity index (χ2v) is 3.45. The molecule has 0 radical (unpaired) electrons. The first kappa shape index (κ1) is 13.1. The number of aliphatic carboxylic acids is 1. The number of carboxylic acid groups (broad SMARTS) is 1. The van der Waals surface area contributed by atoms with Gasteiger partial charge in [-0.3, -0.25) is 9.59 Å². The number of nitrogens with two attached hydrogens (primary N) is 1. The Hall–Kier alpha value is -0.900. The molecule has 0 aliphatic carbocycles. The molecular formula is C10H19NO3. The first-order valence-electron chi connectivity index (χ1n) is 5.05. The molecule has 3 N–H and O–H groups in total. The average molecular weight is 201 g/mol. The predicted octanol–water partition coefficient (Wildman–Crippen LogP) is 1.18. The largest absolute Gasteiger partial charge is 0.480 e. The number of rotatable bonds is 7. The van der Waals surface area contributed by atoms with E-state index in [0.29, 0.717) is 12.8 Å². The maximum atomic E-state index is 11.5. The van der Waals surface area contributed by atoms with Crippen molar-refractivity contribution >= 4 is 11.8 Å².